The highest BCUT2D eigenvalue weighted by Crippen LogP contribution is 2.23. The average molecular weight is 305 g/mol. The van der Waals surface area contributed by atoms with Crippen molar-refractivity contribution in [3.63, 3.8) is 0 Å². The molecule has 116 valence electrons. The van der Waals surface area contributed by atoms with Crippen molar-refractivity contribution in [1.82, 2.24) is 5.32 Å². The number of nitrogens with one attached hydrogen (secondary N) is 1. The van der Waals surface area contributed by atoms with Gasteiger partial charge in [-0.25, -0.2) is 8.78 Å². The Morgan fingerprint density at radius 2 is 1.73 bits per heavy atom. The lowest BCUT2D eigenvalue weighted by molar-refractivity contribution is 0.0950. The molecule has 0 radical (unpaired) electrons. The Kier molecular flexibility index (Phi) is 4.30. The quantitative estimate of drug-likeness (QED) is 0.763. The van der Waals surface area contributed by atoms with E-state index in [1.807, 2.05) is 6.92 Å². The molecular formula is C16H17F2N3O. The van der Waals surface area contributed by atoms with E-state index in [4.69, 9.17) is 11.5 Å². The van der Waals surface area contributed by atoms with E-state index < -0.39 is 17.5 Å². The summed E-state index contributed by atoms with van der Waals surface area (Å²) in [5.41, 5.74) is 13.8. The summed E-state index contributed by atoms with van der Waals surface area (Å²) in [5, 5.41) is 2.59. The van der Waals surface area contributed by atoms with Gasteiger partial charge in [0.2, 0.25) is 0 Å². The van der Waals surface area contributed by atoms with Crippen LogP contribution in [-0.2, 0) is 6.54 Å². The molecule has 0 unspecified atom stereocenters. The largest absolute Gasteiger partial charge is 0.397 e. The molecule has 0 aliphatic heterocycles. The summed E-state index contributed by atoms with van der Waals surface area (Å²) in [4.78, 5) is 12.0. The van der Waals surface area contributed by atoms with E-state index in [0.717, 1.165) is 17.7 Å². The number of hydrogen-bond donors (Lipinski definition) is 3. The molecule has 0 saturated carbocycles. The Bertz CT molecular complexity index is 721. The number of hydrogen-bond acceptors (Lipinski definition) is 3. The molecule has 0 fully saturated rings. The van der Waals surface area contributed by atoms with E-state index in [1.54, 1.807) is 12.1 Å². The van der Waals surface area contributed by atoms with Crippen LogP contribution >= 0.6 is 0 Å². The summed E-state index contributed by atoms with van der Waals surface area (Å²) < 4.78 is 27.0. The molecule has 0 aliphatic rings. The lowest BCUT2D eigenvalue weighted by Crippen LogP contribution is -2.24. The second-order valence-corrected chi connectivity index (χ2v) is 5.11. The summed E-state index contributed by atoms with van der Waals surface area (Å²) in [6.07, 6.45) is 0. The van der Waals surface area contributed by atoms with Crippen molar-refractivity contribution < 1.29 is 13.6 Å². The number of benzene rings is 2. The Morgan fingerprint density at radius 3 is 2.32 bits per heavy atom. The van der Waals surface area contributed by atoms with Gasteiger partial charge in [0.15, 0.2) is 0 Å². The van der Waals surface area contributed by atoms with Gasteiger partial charge in [-0.2, -0.15) is 0 Å². The minimum absolute atomic E-state index is 0.0827. The summed E-state index contributed by atoms with van der Waals surface area (Å²) in [6.45, 7) is 3.27. The molecule has 22 heavy (non-hydrogen) atoms. The minimum atomic E-state index is -0.759. The second kappa shape index (κ2) is 6.01. The van der Waals surface area contributed by atoms with Crippen molar-refractivity contribution in [2.45, 2.75) is 20.4 Å². The average Bonchev–Trinajstić information content (AvgIpc) is 2.48. The van der Waals surface area contributed by atoms with Crippen molar-refractivity contribution in [3.05, 3.63) is 58.2 Å². The standard InChI is InChI=1S/C16H17F2N3O/c1-8-3-4-14(19)15(20)11(8)7-21-16(22)10-5-12(17)9(2)13(18)6-10/h3-6H,7,19-20H2,1-2H3,(H,21,22). The molecule has 5 N–H and O–H groups in total. The lowest BCUT2D eigenvalue weighted by atomic mass is 10.0. The van der Waals surface area contributed by atoms with E-state index >= 15 is 0 Å². The lowest BCUT2D eigenvalue weighted by Gasteiger charge is -2.13. The highest BCUT2D eigenvalue weighted by molar-refractivity contribution is 5.94. The van der Waals surface area contributed by atoms with Crippen LogP contribution in [0.15, 0.2) is 24.3 Å². The van der Waals surface area contributed by atoms with Crippen LogP contribution in [0.3, 0.4) is 0 Å². The van der Waals surface area contributed by atoms with E-state index in [1.165, 1.54) is 6.92 Å². The number of nitrogen functional groups attached to an aromatic ring is 2. The van der Waals surface area contributed by atoms with Gasteiger partial charge in [-0.05, 0) is 43.2 Å². The van der Waals surface area contributed by atoms with E-state index in [9.17, 15) is 13.6 Å². The van der Waals surface area contributed by atoms with Crippen LogP contribution < -0.4 is 16.8 Å². The maximum absolute atomic E-state index is 13.5. The van der Waals surface area contributed by atoms with E-state index in [2.05, 4.69) is 5.32 Å². The summed E-state index contributed by atoms with van der Waals surface area (Å²) in [5.74, 6) is -2.10. The van der Waals surface area contributed by atoms with Gasteiger partial charge in [0, 0.05) is 17.7 Å². The normalized spacial score (nSPS) is 10.5. The van der Waals surface area contributed by atoms with Crippen LogP contribution in [0.2, 0.25) is 0 Å². The van der Waals surface area contributed by atoms with Crippen LogP contribution in [-0.4, -0.2) is 5.91 Å². The molecule has 0 aromatic heterocycles. The van der Waals surface area contributed by atoms with Gasteiger partial charge in [-0.15, -0.1) is 0 Å². The fourth-order valence-corrected chi connectivity index (χ4v) is 2.07. The molecule has 0 heterocycles. The number of amides is 1. The molecule has 0 bridgehead atoms. The molecule has 1 amide bonds. The Balaban J connectivity index is 2.19. The van der Waals surface area contributed by atoms with E-state index in [-0.39, 0.29) is 17.7 Å². The van der Waals surface area contributed by atoms with Crippen LogP contribution in [0.25, 0.3) is 0 Å². The molecule has 0 aliphatic carbocycles. The van der Waals surface area contributed by atoms with Crippen molar-refractivity contribution in [1.29, 1.82) is 0 Å². The molecule has 0 spiro atoms. The number of carbonyl (C=O) groups is 1. The summed E-state index contributed by atoms with van der Waals surface area (Å²) >= 11 is 0. The number of nitrogens with two attached hydrogens (primary N) is 2. The van der Waals surface area contributed by atoms with Crippen molar-refractivity contribution in [3.8, 4) is 0 Å². The van der Waals surface area contributed by atoms with Gasteiger partial charge in [-0.1, -0.05) is 6.07 Å². The first kappa shape index (κ1) is 15.8. The van der Waals surface area contributed by atoms with Gasteiger partial charge >= 0.3 is 0 Å². The topological polar surface area (TPSA) is 81.1 Å². The monoisotopic (exact) mass is 305 g/mol. The van der Waals surface area contributed by atoms with Crippen molar-refractivity contribution in [2.24, 2.45) is 0 Å². The van der Waals surface area contributed by atoms with Gasteiger partial charge in [0.25, 0.3) is 5.91 Å². The first-order chi connectivity index (χ1) is 10.3. The third kappa shape index (κ3) is 3.00. The maximum atomic E-state index is 13.5. The molecule has 2 aromatic rings. The number of aryl methyl sites for hydroxylation is 1. The summed E-state index contributed by atoms with van der Waals surface area (Å²) in [6, 6.07) is 5.48. The zero-order chi connectivity index (χ0) is 16.4. The van der Waals surface area contributed by atoms with Gasteiger partial charge in [0.1, 0.15) is 11.6 Å². The van der Waals surface area contributed by atoms with Crippen LogP contribution in [0.4, 0.5) is 20.2 Å². The number of carbonyl (C=O) groups excluding carboxylic acids is 1. The van der Waals surface area contributed by atoms with Crippen LogP contribution in [0.1, 0.15) is 27.0 Å². The van der Waals surface area contributed by atoms with E-state index in [0.29, 0.717) is 16.9 Å². The first-order valence-corrected chi connectivity index (χ1v) is 6.68. The Morgan fingerprint density at radius 1 is 1.14 bits per heavy atom. The first-order valence-electron chi connectivity index (χ1n) is 6.68. The SMILES string of the molecule is Cc1ccc(N)c(N)c1CNC(=O)c1cc(F)c(C)c(F)c1. The minimum Gasteiger partial charge on any atom is -0.397 e. The molecular weight excluding hydrogens is 288 g/mol. The fourth-order valence-electron chi connectivity index (χ4n) is 2.07. The van der Waals surface area contributed by atoms with Crippen molar-refractivity contribution >= 4 is 17.3 Å². The highest BCUT2D eigenvalue weighted by atomic mass is 19.1. The number of anilines is 2. The molecule has 2 aromatic carbocycles. The Labute approximate surface area is 127 Å². The smallest absolute Gasteiger partial charge is 0.251 e. The number of halogens is 2. The molecule has 6 heteroatoms. The molecule has 0 atom stereocenters. The zero-order valence-electron chi connectivity index (χ0n) is 12.3. The Hall–Kier alpha value is -2.63. The fraction of sp³-hybridized carbons (Fsp3) is 0.188. The molecule has 4 nitrogen and oxygen atoms in total. The summed E-state index contributed by atoms with van der Waals surface area (Å²) in [7, 11) is 0. The van der Waals surface area contributed by atoms with Crippen molar-refractivity contribution in [2.75, 3.05) is 11.5 Å². The van der Waals surface area contributed by atoms with Crippen LogP contribution in [0.5, 0.6) is 0 Å². The predicted octanol–water partition coefficient (Wildman–Crippen LogP) is 2.68. The third-order valence-electron chi connectivity index (χ3n) is 3.59. The zero-order valence-corrected chi connectivity index (χ0v) is 12.3. The maximum Gasteiger partial charge on any atom is 0.251 e. The second-order valence-electron chi connectivity index (χ2n) is 5.11. The third-order valence-corrected chi connectivity index (χ3v) is 3.59. The highest BCUT2D eigenvalue weighted by Gasteiger charge is 2.14. The van der Waals surface area contributed by atoms with Gasteiger partial charge in [0.05, 0.1) is 11.4 Å². The number of rotatable bonds is 3. The predicted molar refractivity (Wildman–Crippen MR) is 82.3 cm³/mol. The van der Waals surface area contributed by atoms with Gasteiger partial charge < -0.3 is 16.8 Å². The molecule has 0 saturated heterocycles. The van der Waals surface area contributed by atoms with Crippen LogP contribution in [0, 0.1) is 25.5 Å². The molecule has 2 rings (SSSR count). The van der Waals surface area contributed by atoms with Gasteiger partial charge in [-0.3, -0.25) is 4.79 Å².